The normalized spacial score (nSPS) is 12.2. The number of hydrogen-bond acceptors (Lipinski definition) is 2. The first-order chi connectivity index (χ1) is 11.7. The average Bonchev–Trinajstić information content (AvgIpc) is 2.99. The Morgan fingerprint density at radius 3 is 2.71 bits per heavy atom. The highest BCUT2D eigenvalue weighted by Crippen LogP contribution is 2.19. The number of rotatable bonds is 6. The Hall–Kier alpha value is -1.78. The number of benzene rings is 2. The van der Waals surface area contributed by atoms with Crippen LogP contribution in [0.1, 0.15) is 18.1 Å². The lowest BCUT2D eigenvalue weighted by atomic mass is 10.1. The van der Waals surface area contributed by atoms with Crippen LogP contribution in [0.5, 0.6) is 0 Å². The van der Waals surface area contributed by atoms with Gasteiger partial charge in [0.2, 0.25) is 0 Å². The topological polar surface area (TPSA) is 27.8 Å². The van der Waals surface area contributed by atoms with Crippen LogP contribution in [0.3, 0.4) is 0 Å². The molecule has 0 saturated carbocycles. The number of thiocarbonyl (C=S) groups is 1. The highest BCUT2D eigenvalue weighted by molar-refractivity contribution is 8.23. The van der Waals surface area contributed by atoms with E-state index >= 15 is 0 Å². The van der Waals surface area contributed by atoms with E-state index in [4.69, 9.17) is 12.2 Å². The maximum atomic E-state index is 5.48. The molecule has 0 bridgehead atoms. The first-order valence-corrected chi connectivity index (χ1v) is 9.54. The average molecular weight is 355 g/mol. The first kappa shape index (κ1) is 17.1. The molecule has 0 spiro atoms. The molecule has 0 aliphatic rings. The van der Waals surface area contributed by atoms with Gasteiger partial charge in [0.05, 0.1) is 0 Å². The third-order valence-corrected chi connectivity index (χ3v) is 5.37. The molecular formula is C20H22N2S2. The second-order valence-corrected chi connectivity index (χ2v) is 8.06. The molecule has 124 valence electrons. The number of para-hydroxylation sites is 1. The molecule has 2 aromatic carbocycles. The molecule has 0 amide bonds. The fourth-order valence-corrected chi connectivity index (χ4v) is 4.27. The zero-order chi connectivity index (χ0) is 16.8. The van der Waals surface area contributed by atoms with Crippen LogP contribution < -0.4 is 5.32 Å². The van der Waals surface area contributed by atoms with E-state index in [1.54, 1.807) is 11.8 Å². The van der Waals surface area contributed by atoms with Crippen molar-refractivity contribution in [3.63, 3.8) is 0 Å². The van der Waals surface area contributed by atoms with Crippen LogP contribution in [-0.2, 0) is 12.8 Å². The Morgan fingerprint density at radius 1 is 1.12 bits per heavy atom. The smallest absolute Gasteiger partial charge is 0.134 e. The van der Waals surface area contributed by atoms with Crippen molar-refractivity contribution in [1.82, 2.24) is 10.3 Å². The van der Waals surface area contributed by atoms with Gasteiger partial charge < -0.3 is 10.3 Å². The summed E-state index contributed by atoms with van der Waals surface area (Å²) in [5, 5.41) is 5.16. The van der Waals surface area contributed by atoms with Crippen molar-refractivity contribution in [2.45, 2.75) is 25.0 Å². The van der Waals surface area contributed by atoms with Crippen LogP contribution in [-0.4, -0.2) is 21.1 Å². The van der Waals surface area contributed by atoms with Gasteiger partial charge in [-0.05, 0) is 30.0 Å². The summed E-state index contributed by atoms with van der Waals surface area (Å²) in [6, 6.07) is 19.0. The van der Waals surface area contributed by atoms with E-state index < -0.39 is 0 Å². The van der Waals surface area contributed by atoms with E-state index in [0.717, 1.165) is 23.7 Å². The second kappa shape index (κ2) is 8.36. The minimum atomic E-state index is 0.473. The van der Waals surface area contributed by atoms with Crippen molar-refractivity contribution >= 4 is 39.2 Å². The van der Waals surface area contributed by atoms with Gasteiger partial charge in [-0.3, -0.25) is 0 Å². The van der Waals surface area contributed by atoms with E-state index in [1.807, 2.05) is 0 Å². The van der Waals surface area contributed by atoms with Gasteiger partial charge in [0.25, 0.3) is 0 Å². The van der Waals surface area contributed by atoms with E-state index in [2.05, 4.69) is 78.0 Å². The van der Waals surface area contributed by atoms with Gasteiger partial charge in [-0.15, -0.1) is 0 Å². The maximum absolute atomic E-state index is 5.48. The summed E-state index contributed by atoms with van der Waals surface area (Å²) >= 11 is 7.23. The lowest BCUT2D eigenvalue weighted by Crippen LogP contribution is -2.23. The number of nitrogens with one attached hydrogen (secondary N) is 2. The van der Waals surface area contributed by atoms with Crippen LogP contribution in [0.25, 0.3) is 10.9 Å². The molecule has 1 heterocycles. The highest BCUT2D eigenvalue weighted by atomic mass is 32.2. The minimum absolute atomic E-state index is 0.473. The molecule has 0 saturated heterocycles. The Kier molecular flexibility index (Phi) is 5.94. The molecule has 0 aliphatic heterocycles. The van der Waals surface area contributed by atoms with Gasteiger partial charge in [0, 0.05) is 28.9 Å². The Labute approximate surface area is 153 Å². The molecule has 0 radical (unpaired) electrons. The molecule has 3 aromatic rings. The SMILES string of the molecule is CC(Cc1ccccc1)SC(=S)NCCc1c[nH]c2ccccc12. The van der Waals surface area contributed by atoms with E-state index in [0.29, 0.717) is 5.25 Å². The minimum Gasteiger partial charge on any atom is -0.371 e. The number of thioether (sulfide) groups is 1. The molecule has 1 atom stereocenters. The molecule has 0 aliphatic carbocycles. The molecule has 2 nitrogen and oxygen atoms in total. The molecule has 24 heavy (non-hydrogen) atoms. The van der Waals surface area contributed by atoms with Crippen LogP contribution in [0.4, 0.5) is 0 Å². The van der Waals surface area contributed by atoms with E-state index in [1.165, 1.54) is 22.0 Å². The van der Waals surface area contributed by atoms with Gasteiger partial charge in [0.15, 0.2) is 0 Å². The lowest BCUT2D eigenvalue weighted by Gasteiger charge is -2.13. The number of hydrogen-bond donors (Lipinski definition) is 2. The van der Waals surface area contributed by atoms with Crippen LogP contribution >= 0.6 is 24.0 Å². The number of aromatic amines is 1. The van der Waals surface area contributed by atoms with Crippen molar-refractivity contribution in [2.75, 3.05) is 6.54 Å². The van der Waals surface area contributed by atoms with Gasteiger partial charge in [-0.1, -0.05) is 79.4 Å². The van der Waals surface area contributed by atoms with Crippen LogP contribution in [0, 0.1) is 0 Å². The van der Waals surface area contributed by atoms with Gasteiger partial charge in [-0.2, -0.15) is 0 Å². The fraction of sp³-hybridized carbons (Fsp3) is 0.250. The van der Waals surface area contributed by atoms with E-state index in [-0.39, 0.29) is 0 Å². The molecule has 1 aromatic heterocycles. The van der Waals surface area contributed by atoms with Gasteiger partial charge in [-0.25, -0.2) is 0 Å². The summed E-state index contributed by atoms with van der Waals surface area (Å²) in [6.45, 7) is 3.09. The number of H-pyrrole nitrogens is 1. The Morgan fingerprint density at radius 2 is 1.88 bits per heavy atom. The largest absolute Gasteiger partial charge is 0.371 e. The predicted molar refractivity (Wildman–Crippen MR) is 110 cm³/mol. The van der Waals surface area contributed by atoms with Crippen molar-refractivity contribution in [2.24, 2.45) is 0 Å². The zero-order valence-electron chi connectivity index (χ0n) is 13.8. The second-order valence-electron chi connectivity index (χ2n) is 5.94. The summed E-state index contributed by atoms with van der Waals surface area (Å²) in [7, 11) is 0. The Balaban J connectivity index is 1.44. The zero-order valence-corrected chi connectivity index (χ0v) is 15.4. The van der Waals surface area contributed by atoms with Crippen molar-refractivity contribution < 1.29 is 0 Å². The first-order valence-electron chi connectivity index (χ1n) is 8.26. The lowest BCUT2D eigenvalue weighted by molar-refractivity contribution is 0.885. The summed E-state index contributed by atoms with van der Waals surface area (Å²) in [6.07, 6.45) is 4.11. The van der Waals surface area contributed by atoms with Crippen LogP contribution in [0.15, 0.2) is 60.8 Å². The van der Waals surface area contributed by atoms with Crippen molar-refractivity contribution in [3.05, 3.63) is 71.9 Å². The summed E-state index contributed by atoms with van der Waals surface area (Å²) in [5.74, 6) is 0. The van der Waals surface area contributed by atoms with Crippen molar-refractivity contribution in [1.29, 1.82) is 0 Å². The maximum Gasteiger partial charge on any atom is 0.134 e. The third-order valence-electron chi connectivity index (χ3n) is 4.01. The number of fused-ring (bicyclic) bond motifs is 1. The van der Waals surface area contributed by atoms with E-state index in [9.17, 15) is 0 Å². The molecule has 3 rings (SSSR count). The molecule has 2 N–H and O–H groups in total. The molecule has 0 fully saturated rings. The predicted octanol–water partition coefficient (Wildman–Crippen LogP) is 4.95. The fourth-order valence-electron chi connectivity index (χ4n) is 2.85. The summed E-state index contributed by atoms with van der Waals surface area (Å²) in [4.78, 5) is 3.32. The molecule has 4 heteroatoms. The Bertz CT molecular complexity index is 796. The number of aromatic nitrogens is 1. The van der Waals surface area contributed by atoms with Gasteiger partial charge >= 0.3 is 0 Å². The molecular weight excluding hydrogens is 332 g/mol. The van der Waals surface area contributed by atoms with Crippen LogP contribution in [0.2, 0.25) is 0 Å². The van der Waals surface area contributed by atoms with Crippen molar-refractivity contribution in [3.8, 4) is 0 Å². The standard InChI is InChI=1S/C20H22N2S2/c1-15(13-16-7-3-2-4-8-16)24-20(23)21-12-11-17-14-22-19-10-6-5-9-18(17)19/h2-10,14-15,22H,11-13H2,1H3,(H,21,23). The quantitative estimate of drug-likeness (QED) is 0.614. The third kappa shape index (κ3) is 4.62. The summed E-state index contributed by atoms with van der Waals surface area (Å²) < 4.78 is 0.887. The monoisotopic (exact) mass is 354 g/mol. The summed E-state index contributed by atoms with van der Waals surface area (Å²) in [5.41, 5.74) is 3.89. The molecule has 1 unspecified atom stereocenters. The highest BCUT2D eigenvalue weighted by Gasteiger charge is 2.08. The van der Waals surface area contributed by atoms with Gasteiger partial charge in [0.1, 0.15) is 4.32 Å².